The van der Waals surface area contributed by atoms with Crippen LogP contribution in [-0.4, -0.2) is 31.6 Å². The van der Waals surface area contributed by atoms with E-state index < -0.39 is 0 Å². The molecule has 0 saturated heterocycles. The van der Waals surface area contributed by atoms with Gasteiger partial charge < -0.3 is 20.1 Å². The van der Waals surface area contributed by atoms with Gasteiger partial charge in [0.05, 0.1) is 17.8 Å². The Balaban J connectivity index is 1.37. The number of para-hydroxylation sites is 2. The van der Waals surface area contributed by atoms with E-state index in [1.165, 1.54) is 0 Å². The average molecular weight is 388 g/mol. The average Bonchev–Trinajstić information content (AvgIpc) is 2.77. The summed E-state index contributed by atoms with van der Waals surface area (Å²) in [6.45, 7) is 0.552. The molecule has 146 valence electrons. The third-order valence-electron chi connectivity index (χ3n) is 4.50. The highest BCUT2D eigenvalue weighted by atomic mass is 16.5. The Morgan fingerprint density at radius 3 is 2.66 bits per heavy atom. The maximum absolute atomic E-state index is 12.5. The monoisotopic (exact) mass is 388 g/mol. The Labute approximate surface area is 168 Å². The van der Waals surface area contributed by atoms with Gasteiger partial charge in [0, 0.05) is 5.56 Å². The number of carbonyl (C=O) groups is 2. The summed E-state index contributed by atoms with van der Waals surface area (Å²) in [5.74, 6) is 0.634. The van der Waals surface area contributed by atoms with E-state index in [9.17, 15) is 9.59 Å². The summed E-state index contributed by atoms with van der Waals surface area (Å²) >= 11 is 0. The van der Waals surface area contributed by atoms with Gasteiger partial charge in [-0.25, -0.2) is 0 Å². The Bertz CT molecular complexity index is 1030. The second-order valence-electron chi connectivity index (χ2n) is 6.49. The molecule has 3 aromatic rings. The first-order valence-corrected chi connectivity index (χ1v) is 9.33. The fraction of sp³-hybridized carbons (Fsp3) is 0.130. The Hall–Kier alpha value is -3.80. The van der Waals surface area contributed by atoms with Gasteiger partial charge in [-0.1, -0.05) is 54.6 Å². The second-order valence-corrected chi connectivity index (χ2v) is 6.49. The quantitative estimate of drug-likeness (QED) is 0.634. The zero-order valence-corrected chi connectivity index (χ0v) is 15.7. The van der Waals surface area contributed by atoms with Gasteiger partial charge in [0.2, 0.25) is 0 Å². The molecular formula is C23H20N2O4. The number of amides is 2. The van der Waals surface area contributed by atoms with E-state index in [2.05, 4.69) is 10.6 Å². The summed E-state index contributed by atoms with van der Waals surface area (Å²) in [6.07, 6.45) is 0. The SMILES string of the molecule is O=C1COc2c(cccc2C(=O)NCCOc2ccccc2-c2ccccc2)N1. The lowest BCUT2D eigenvalue weighted by Crippen LogP contribution is -2.31. The zero-order valence-electron chi connectivity index (χ0n) is 15.7. The minimum atomic E-state index is -0.280. The maximum Gasteiger partial charge on any atom is 0.262 e. The van der Waals surface area contributed by atoms with Crippen LogP contribution in [0.5, 0.6) is 11.5 Å². The van der Waals surface area contributed by atoms with Gasteiger partial charge in [0.25, 0.3) is 11.8 Å². The normalized spacial score (nSPS) is 12.3. The van der Waals surface area contributed by atoms with Gasteiger partial charge in [0.15, 0.2) is 12.4 Å². The third kappa shape index (κ3) is 4.21. The number of carbonyl (C=O) groups excluding carboxylic acids is 2. The topological polar surface area (TPSA) is 76.7 Å². The molecule has 0 spiro atoms. The van der Waals surface area contributed by atoms with E-state index in [-0.39, 0.29) is 18.4 Å². The Morgan fingerprint density at radius 2 is 1.79 bits per heavy atom. The summed E-state index contributed by atoms with van der Waals surface area (Å²) in [6, 6.07) is 22.9. The van der Waals surface area contributed by atoms with Crippen molar-refractivity contribution in [1.82, 2.24) is 5.32 Å². The minimum absolute atomic E-state index is 0.101. The number of benzene rings is 3. The molecule has 0 atom stereocenters. The van der Waals surface area contributed by atoms with Crippen molar-refractivity contribution in [2.75, 3.05) is 25.1 Å². The van der Waals surface area contributed by atoms with E-state index in [0.717, 1.165) is 16.9 Å². The first kappa shape index (κ1) is 18.6. The van der Waals surface area contributed by atoms with Crippen LogP contribution in [0.1, 0.15) is 10.4 Å². The van der Waals surface area contributed by atoms with E-state index in [0.29, 0.717) is 30.2 Å². The molecule has 2 N–H and O–H groups in total. The third-order valence-corrected chi connectivity index (χ3v) is 4.50. The van der Waals surface area contributed by atoms with Gasteiger partial charge in [-0.15, -0.1) is 0 Å². The molecule has 1 heterocycles. The van der Waals surface area contributed by atoms with E-state index in [1.54, 1.807) is 18.2 Å². The fourth-order valence-corrected chi connectivity index (χ4v) is 3.16. The van der Waals surface area contributed by atoms with Crippen LogP contribution in [0.2, 0.25) is 0 Å². The van der Waals surface area contributed by atoms with Crippen molar-refractivity contribution < 1.29 is 19.1 Å². The number of nitrogens with one attached hydrogen (secondary N) is 2. The highest BCUT2D eigenvalue weighted by molar-refractivity contribution is 6.03. The smallest absolute Gasteiger partial charge is 0.262 e. The summed E-state index contributed by atoms with van der Waals surface area (Å²) in [5.41, 5.74) is 2.96. The molecule has 0 unspecified atom stereocenters. The standard InChI is InChI=1S/C23H20N2O4/c26-21-15-29-22-18(10-6-11-19(22)25-21)23(27)24-13-14-28-20-12-5-4-9-17(20)16-7-2-1-3-8-16/h1-12H,13-15H2,(H,24,27)(H,25,26). The van der Waals surface area contributed by atoms with Crippen LogP contribution in [0.3, 0.4) is 0 Å². The van der Waals surface area contributed by atoms with Gasteiger partial charge in [-0.2, -0.15) is 0 Å². The Kier molecular flexibility index (Phi) is 5.42. The van der Waals surface area contributed by atoms with E-state index in [4.69, 9.17) is 9.47 Å². The lowest BCUT2D eigenvalue weighted by atomic mass is 10.1. The second kappa shape index (κ2) is 8.48. The fourth-order valence-electron chi connectivity index (χ4n) is 3.16. The number of rotatable bonds is 6. The predicted octanol–water partition coefficient (Wildman–Crippen LogP) is 3.49. The molecule has 0 aliphatic carbocycles. The largest absolute Gasteiger partial charge is 0.491 e. The van der Waals surface area contributed by atoms with E-state index in [1.807, 2.05) is 54.6 Å². The van der Waals surface area contributed by atoms with Crippen molar-refractivity contribution in [2.45, 2.75) is 0 Å². The molecule has 0 fully saturated rings. The van der Waals surface area contributed by atoms with Crippen LogP contribution in [0, 0.1) is 0 Å². The number of anilines is 1. The highest BCUT2D eigenvalue weighted by Gasteiger charge is 2.22. The van der Waals surface area contributed by atoms with Gasteiger partial charge in [0.1, 0.15) is 12.4 Å². The molecule has 0 bridgehead atoms. The van der Waals surface area contributed by atoms with Crippen molar-refractivity contribution in [3.63, 3.8) is 0 Å². The summed E-state index contributed by atoms with van der Waals surface area (Å²) in [7, 11) is 0. The molecule has 29 heavy (non-hydrogen) atoms. The van der Waals surface area contributed by atoms with Crippen molar-refractivity contribution >= 4 is 17.5 Å². The molecule has 6 heteroatoms. The first-order chi connectivity index (χ1) is 14.2. The number of fused-ring (bicyclic) bond motifs is 1. The summed E-state index contributed by atoms with van der Waals surface area (Å²) in [4.78, 5) is 24.0. The van der Waals surface area contributed by atoms with Crippen LogP contribution in [0.25, 0.3) is 11.1 Å². The van der Waals surface area contributed by atoms with Crippen molar-refractivity contribution in [3.05, 3.63) is 78.4 Å². The van der Waals surface area contributed by atoms with Gasteiger partial charge >= 0.3 is 0 Å². The molecule has 0 saturated carbocycles. The van der Waals surface area contributed by atoms with E-state index >= 15 is 0 Å². The predicted molar refractivity (Wildman–Crippen MR) is 110 cm³/mol. The number of ether oxygens (including phenoxy) is 2. The van der Waals surface area contributed by atoms with Gasteiger partial charge in [-0.3, -0.25) is 9.59 Å². The van der Waals surface area contributed by atoms with Crippen LogP contribution in [0.15, 0.2) is 72.8 Å². The first-order valence-electron chi connectivity index (χ1n) is 9.33. The summed E-state index contributed by atoms with van der Waals surface area (Å²) < 4.78 is 11.3. The van der Waals surface area contributed by atoms with Crippen LogP contribution < -0.4 is 20.1 Å². The minimum Gasteiger partial charge on any atom is -0.491 e. The molecule has 2 amide bonds. The molecule has 0 aromatic heterocycles. The number of hydrogen-bond donors (Lipinski definition) is 2. The lowest BCUT2D eigenvalue weighted by Gasteiger charge is -2.20. The van der Waals surface area contributed by atoms with Crippen molar-refractivity contribution in [1.29, 1.82) is 0 Å². The van der Waals surface area contributed by atoms with Crippen molar-refractivity contribution in [2.24, 2.45) is 0 Å². The maximum atomic E-state index is 12.5. The van der Waals surface area contributed by atoms with Crippen LogP contribution in [-0.2, 0) is 4.79 Å². The van der Waals surface area contributed by atoms with Gasteiger partial charge in [-0.05, 0) is 23.8 Å². The molecule has 4 rings (SSSR count). The van der Waals surface area contributed by atoms with Crippen molar-refractivity contribution in [3.8, 4) is 22.6 Å². The zero-order chi connectivity index (χ0) is 20.1. The highest BCUT2D eigenvalue weighted by Crippen LogP contribution is 2.31. The summed E-state index contributed by atoms with van der Waals surface area (Å²) in [5, 5.41) is 5.53. The molecule has 6 nitrogen and oxygen atoms in total. The molecule has 1 aliphatic rings. The molecule has 0 radical (unpaired) electrons. The molecular weight excluding hydrogens is 368 g/mol. The lowest BCUT2D eigenvalue weighted by molar-refractivity contribution is -0.118. The molecule has 1 aliphatic heterocycles. The number of hydrogen-bond acceptors (Lipinski definition) is 4. The van der Waals surface area contributed by atoms with Crippen LogP contribution in [0.4, 0.5) is 5.69 Å². The molecule has 3 aromatic carbocycles. The van der Waals surface area contributed by atoms with Crippen LogP contribution >= 0.6 is 0 Å². The Morgan fingerprint density at radius 1 is 1.00 bits per heavy atom.